The Labute approximate surface area is 263 Å². The SMILES string of the molecule is Cc1cn(C)c(-c2cccc(B3OC(C)(C)C(C)(C)O3)c2)n1.Cc1cnc(-c2cccc(B3OC(C)(C)C(C)(C)O3)c2)n1C. The lowest BCUT2D eigenvalue weighted by Crippen LogP contribution is -2.41. The van der Waals surface area contributed by atoms with Crippen LogP contribution in [0.4, 0.5) is 0 Å². The van der Waals surface area contributed by atoms with Crippen molar-refractivity contribution in [3.63, 3.8) is 0 Å². The third kappa shape index (κ3) is 6.05. The number of rotatable bonds is 4. The number of aromatic nitrogens is 4. The van der Waals surface area contributed by atoms with Gasteiger partial charge in [0, 0.05) is 43.3 Å². The van der Waals surface area contributed by atoms with E-state index >= 15 is 0 Å². The molecule has 2 fully saturated rings. The highest BCUT2D eigenvalue weighted by molar-refractivity contribution is 6.62. The quantitative estimate of drug-likeness (QED) is 0.295. The molecular weight excluding hydrogens is 550 g/mol. The standard InChI is InChI=1S/2C17H23BN2O2/c1-12-11-20(6)15(19-12)13-8-7-9-14(10-13)18-21-16(2,3)17(4,5)22-18;1-12-11-19-15(20(12)6)13-8-7-9-14(10-13)18-21-16(2,3)17(4,5)22-18/h2*7-11H,1-6H3. The van der Waals surface area contributed by atoms with Gasteiger partial charge >= 0.3 is 14.2 Å². The Balaban J connectivity index is 0.000000175. The van der Waals surface area contributed by atoms with Gasteiger partial charge in [-0.3, -0.25) is 0 Å². The predicted molar refractivity (Wildman–Crippen MR) is 178 cm³/mol. The maximum Gasteiger partial charge on any atom is 0.494 e. The molecule has 0 unspecified atom stereocenters. The van der Waals surface area contributed by atoms with Crippen LogP contribution >= 0.6 is 0 Å². The first kappa shape index (κ1) is 32.2. The first-order chi connectivity index (χ1) is 20.4. The summed E-state index contributed by atoms with van der Waals surface area (Å²) in [7, 11) is 3.35. The minimum absolute atomic E-state index is 0.326. The minimum atomic E-state index is -0.341. The van der Waals surface area contributed by atoms with Crippen LogP contribution in [0.5, 0.6) is 0 Å². The van der Waals surface area contributed by atoms with Crippen molar-refractivity contribution < 1.29 is 18.6 Å². The van der Waals surface area contributed by atoms with Gasteiger partial charge < -0.3 is 27.8 Å². The van der Waals surface area contributed by atoms with Crippen LogP contribution in [0.15, 0.2) is 60.9 Å². The van der Waals surface area contributed by atoms with Crippen LogP contribution in [0.25, 0.3) is 22.8 Å². The van der Waals surface area contributed by atoms with E-state index in [1.165, 1.54) is 0 Å². The lowest BCUT2D eigenvalue weighted by atomic mass is 9.78. The average molecular weight is 596 g/mol. The van der Waals surface area contributed by atoms with E-state index in [2.05, 4.69) is 101 Å². The normalized spacial score (nSPS) is 19.6. The molecule has 44 heavy (non-hydrogen) atoms. The van der Waals surface area contributed by atoms with Crippen molar-refractivity contribution in [3.05, 3.63) is 72.3 Å². The maximum atomic E-state index is 6.13. The van der Waals surface area contributed by atoms with Crippen LogP contribution in [0.3, 0.4) is 0 Å². The third-order valence-corrected chi connectivity index (χ3v) is 9.56. The van der Waals surface area contributed by atoms with Crippen molar-refractivity contribution >= 4 is 25.2 Å². The van der Waals surface area contributed by atoms with Gasteiger partial charge in [-0.2, -0.15) is 0 Å². The molecule has 2 saturated heterocycles. The zero-order chi connectivity index (χ0) is 32.2. The van der Waals surface area contributed by atoms with E-state index in [1.54, 1.807) is 0 Å². The molecule has 0 amide bonds. The van der Waals surface area contributed by atoms with Gasteiger partial charge in [-0.15, -0.1) is 0 Å². The fourth-order valence-electron chi connectivity index (χ4n) is 5.25. The Morgan fingerprint density at radius 1 is 0.636 bits per heavy atom. The number of hydrogen-bond acceptors (Lipinski definition) is 6. The summed E-state index contributed by atoms with van der Waals surface area (Å²) in [6, 6.07) is 16.5. The van der Waals surface area contributed by atoms with Crippen LogP contribution in [-0.4, -0.2) is 55.7 Å². The zero-order valence-corrected chi connectivity index (χ0v) is 28.4. The molecular formula is C34H46B2N4O4. The highest BCUT2D eigenvalue weighted by Gasteiger charge is 2.52. The smallest absolute Gasteiger partial charge is 0.399 e. The van der Waals surface area contributed by atoms with Gasteiger partial charge in [-0.05, 0) is 80.2 Å². The van der Waals surface area contributed by atoms with Crippen molar-refractivity contribution in [1.82, 2.24) is 19.1 Å². The lowest BCUT2D eigenvalue weighted by Gasteiger charge is -2.32. The van der Waals surface area contributed by atoms with Gasteiger partial charge in [0.25, 0.3) is 0 Å². The summed E-state index contributed by atoms with van der Waals surface area (Å²) in [4.78, 5) is 9.08. The van der Waals surface area contributed by atoms with Gasteiger partial charge in [-0.1, -0.05) is 48.5 Å². The Bertz CT molecular complexity index is 1550. The van der Waals surface area contributed by atoms with Crippen LogP contribution < -0.4 is 10.9 Å². The Morgan fingerprint density at radius 2 is 1.07 bits per heavy atom. The molecule has 4 aromatic rings. The molecule has 0 N–H and O–H groups in total. The molecule has 2 aliphatic heterocycles. The fraction of sp³-hybridized carbons (Fsp3) is 0.471. The second-order valence-electron chi connectivity index (χ2n) is 14.0. The fourth-order valence-corrected chi connectivity index (χ4v) is 5.25. The molecule has 2 aromatic carbocycles. The molecule has 10 heteroatoms. The van der Waals surface area contributed by atoms with Gasteiger partial charge in [-0.25, -0.2) is 9.97 Å². The van der Waals surface area contributed by atoms with Crippen molar-refractivity contribution in [2.45, 2.75) is 91.6 Å². The number of hydrogen-bond donors (Lipinski definition) is 0. The molecule has 4 heterocycles. The van der Waals surface area contributed by atoms with E-state index < -0.39 is 0 Å². The average Bonchev–Trinajstić information content (AvgIpc) is 3.60. The van der Waals surface area contributed by atoms with Crippen molar-refractivity contribution in [2.75, 3.05) is 0 Å². The largest absolute Gasteiger partial charge is 0.494 e. The third-order valence-electron chi connectivity index (χ3n) is 9.56. The first-order valence-electron chi connectivity index (χ1n) is 15.3. The predicted octanol–water partition coefficient (Wildman–Crippen LogP) is 5.39. The molecule has 2 aromatic heterocycles. The molecule has 0 bridgehead atoms. The molecule has 0 aliphatic carbocycles. The van der Waals surface area contributed by atoms with Crippen molar-refractivity contribution in [3.8, 4) is 22.8 Å². The number of nitrogens with zero attached hydrogens (tertiary/aromatic N) is 4. The maximum absolute atomic E-state index is 6.13. The summed E-state index contributed by atoms with van der Waals surface area (Å²) in [5.74, 6) is 1.91. The molecule has 6 rings (SSSR count). The zero-order valence-electron chi connectivity index (χ0n) is 28.4. The highest BCUT2D eigenvalue weighted by Crippen LogP contribution is 2.37. The summed E-state index contributed by atoms with van der Waals surface area (Å²) in [5.41, 5.74) is 5.04. The number of benzene rings is 2. The van der Waals surface area contributed by atoms with Crippen LogP contribution in [0.1, 0.15) is 66.8 Å². The molecule has 232 valence electrons. The Hall–Kier alpha value is -3.17. The molecule has 0 saturated carbocycles. The lowest BCUT2D eigenvalue weighted by molar-refractivity contribution is 0.00578. The summed E-state index contributed by atoms with van der Waals surface area (Å²) >= 11 is 0. The summed E-state index contributed by atoms with van der Waals surface area (Å²) < 4.78 is 28.6. The second-order valence-corrected chi connectivity index (χ2v) is 14.0. The molecule has 0 atom stereocenters. The van der Waals surface area contributed by atoms with Gasteiger partial charge in [0.05, 0.1) is 28.1 Å². The van der Waals surface area contributed by atoms with Gasteiger partial charge in [0.1, 0.15) is 11.6 Å². The van der Waals surface area contributed by atoms with E-state index in [0.29, 0.717) is 0 Å². The van der Waals surface area contributed by atoms with E-state index in [4.69, 9.17) is 18.6 Å². The summed E-state index contributed by atoms with van der Waals surface area (Å²) in [6.45, 7) is 20.6. The summed E-state index contributed by atoms with van der Waals surface area (Å²) in [5, 5.41) is 0. The van der Waals surface area contributed by atoms with E-state index in [1.807, 2.05) is 62.2 Å². The van der Waals surface area contributed by atoms with E-state index in [0.717, 1.165) is 45.1 Å². The van der Waals surface area contributed by atoms with Crippen molar-refractivity contribution in [2.24, 2.45) is 14.1 Å². The van der Waals surface area contributed by atoms with Crippen LogP contribution in [0, 0.1) is 13.8 Å². The molecule has 0 radical (unpaired) electrons. The molecule has 2 aliphatic rings. The minimum Gasteiger partial charge on any atom is -0.399 e. The highest BCUT2D eigenvalue weighted by atomic mass is 16.7. The topological polar surface area (TPSA) is 72.6 Å². The Kier molecular flexibility index (Phi) is 8.29. The van der Waals surface area contributed by atoms with Gasteiger partial charge in [0.2, 0.25) is 0 Å². The molecule has 0 spiro atoms. The number of aryl methyl sites for hydroxylation is 3. The Morgan fingerprint density at radius 3 is 1.43 bits per heavy atom. The van der Waals surface area contributed by atoms with Crippen LogP contribution in [-0.2, 0) is 32.7 Å². The summed E-state index contributed by atoms with van der Waals surface area (Å²) in [6.07, 6.45) is 3.91. The second kappa shape index (κ2) is 11.3. The molecule has 8 nitrogen and oxygen atoms in total. The number of imidazole rings is 2. The first-order valence-corrected chi connectivity index (χ1v) is 15.3. The van der Waals surface area contributed by atoms with Crippen molar-refractivity contribution in [1.29, 1.82) is 0 Å². The monoisotopic (exact) mass is 596 g/mol. The van der Waals surface area contributed by atoms with E-state index in [9.17, 15) is 0 Å². The van der Waals surface area contributed by atoms with Gasteiger partial charge in [0.15, 0.2) is 0 Å². The van der Waals surface area contributed by atoms with Crippen LogP contribution in [0.2, 0.25) is 0 Å². The van der Waals surface area contributed by atoms with E-state index in [-0.39, 0.29) is 36.6 Å².